The molecular weight excluding hydrogens is 343 g/mol. The van der Waals surface area contributed by atoms with Gasteiger partial charge in [0, 0.05) is 24.9 Å². The van der Waals surface area contributed by atoms with Crippen molar-refractivity contribution in [3.05, 3.63) is 58.1 Å². The van der Waals surface area contributed by atoms with Gasteiger partial charge < -0.3 is 9.88 Å². The molecule has 24 heavy (non-hydrogen) atoms. The molecule has 0 amide bonds. The standard InChI is InChI=1S/C18H18Cl2N4/c19-14-9-16-17(10-15(14)20)24(11-12-1-5-21-6-2-12)18(23-16)13-3-7-22-8-4-13/h1-2,5-6,9-10,13,22H,3-4,7-8,11H2. The number of imidazole rings is 1. The van der Waals surface area contributed by atoms with Gasteiger partial charge in [0.2, 0.25) is 0 Å². The average Bonchev–Trinajstić information content (AvgIpc) is 2.95. The van der Waals surface area contributed by atoms with Crippen molar-refractivity contribution in [2.24, 2.45) is 0 Å². The number of hydrogen-bond acceptors (Lipinski definition) is 3. The van der Waals surface area contributed by atoms with E-state index in [0.717, 1.165) is 49.3 Å². The number of aromatic nitrogens is 3. The molecule has 1 aliphatic rings. The van der Waals surface area contributed by atoms with Crippen LogP contribution in [0.3, 0.4) is 0 Å². The highest BCUT2D eigenvalue weighted by molar-refractivity contribution is 6.42. The fourth-order valence-corrected chi connectivity index (χ4v) is 3.68. The number of piperidine rings is 1. The van der Waals surface area contributed by atoms with E-state index in [1.165, 1.54) is 5.56 Å². The fourth-order valence-electron chi connectivity index (χ4n) is 3.37. The number of nitrogens with zero attached hydrogens (tertiary/aromatic N) is 3. The van der Waals surface area contributed by atoms with Gasteiger partial charge in [-0.25, -0.2) is 4.98 Å². The molecule has 3 heterocycles. The molecule has 0 saturated carbocycles. The van der Waals surface area contributed by atoms with Crippen molar-refractivity contribution in [3.63, 3.8) is 0 Å². The molecule has 0 radical (unpaired) electrons. The minimum atomic E-state index is 0.457. The number of halogens is 2. The first kappa shape index (κ1) is 15.9. The predicted molar refractivity (Wildman–Crippen MR) is 97.9 cm³/mol. The number of fused-ring (bicyclic) bond motifs is 1. The summed E-state index contributed by atoms with van der Waals surface area (Å²) in [6.45, 7) is 2.82. The summed E-state index contributed by atoms with van der Waals surface area (Å²) in [4.78, 5) is 9.01. The molecule has 6 heteroatoms. The molecule has 4 rings (SSSR count). The smallest absolute Gasteiger partial charge is 0.113 e. The van der Waals surface area contributed by atoms with Crippen molar-refractivity contribution in [1.82, 2.24) is 19.9 Å². The summed E-state index contributed by atoms with van der Waals surface area (Å²) in [5, 5.41) is 4.54. The molecule has 0 aliphatic carbocycles. The van der Waals surface area contributed by atoms with Crippen LogP contribution < -0.4 is 5.32 Å². The second-order valence-electron chi connectivity index (χ2n) is 6.19. The molecule has 124 valence electrons. The molecule has 1 aromatic carbocycles. The molecule has 1 fully saturated rings. The van der Waals surface area contributed by atoms with E-state index in [-0.39, 0.29) is 0 Å². The van der Waals surface area contributed by atoms with Crippen LogP contribution in [0, 0.1) is 0 Å². The monoisotopic (exact) mass is 360 g/mol. The van der Waals surface area contributed by atoms with Gasteiger partial charge in [-0.2, -0.15) is 0 Å². The van der Waals surface area contributed by atoms with Crippen molar-refractivity contribution >= 4 is 34.2 Å². The van der Waals surface area contributed by atoms with Gasteiger partial charge in [-0.15, -0.1) is 0 Å². The van der Waals surface area contributed by atoms with Gasteiger partial charge in [0.1, 0.15) is 5.82 Å². The molecule has 1 saturated heterocycles. The zero-order valence-electron chi connectivity index (χ0n) is 13.2. The minimum absolute atomic E-state index is 0.457. The fraction of sp³-hybridized carbons (Fsp3) is 0.333. The Morgan fingerprint density at radius 2 is 1.79 bits per heavy atom. The van der Waals surface area contributed by atoms with E-state index in [1.54, 1.807) is 0 Å². The Morgan fingerprint density at radius 3 is 2.54 bits per heavy atom. The third kappa shape index (κ3) is 3.02. The van der Waals surface area contributed by atoms with Gasteiger partial charge in [0.15, 0.2) is 0 Å². The van der Waals surface area contributed by atoms with E-state index < -0.39 is 0 Å². The summed E-state index contributed by atoms with van der Waals surface area (Å²) < 4.78 is 2.28. The molecule has 2 aromatic heterocycles. The lowest BCUT2D eigenvalue weighted by Gasteiger charge is -2.23. The molecular formula is C18H18Cl2N4. The van der Waals surface area contributed by atoms with Crippen molar-refractivity contribution in [2.75, 3.05) is 13.1 Å². The Morgan fingerprint density at radius 1 is 1.08 bits per heavy atom. The van der Waals surface area contributed by atoms with Crippen LogP contribution in [0.1, 0.15) is 30.1 Å². The number of hydrogen-bond donors (Lipinski definition) is 1. The Hall–Kier alpha value is -1.62. The summed E-state index contributed by atoms with van der Waals surface area (Å²) in [6, 6.07) is 7.87. The van der Waals surface area contributed by atoms with Crippen LogP contribution in [-0.4, -0.2) is 27.6 Å². The number of nitrogens with one attached hydrogen (secondary N) is 1. The Labute approximate surface area is 150 Å². The van der Waals surface area contributed by atoms with E-state index >= 15 is 0 Å². The van der Waals surface area contributed by atoms with Gasteiger partial charge in [-0.3, -0.25) is 4.98 Å². The van der Waals surface area contributed by atoms with Crippen LogP contribution in [-0.2, 0) is 6.54 Å². The first-order chi connectivity index (χ1) is 11.7. The van der Waals surface area contributed by atoms with E-state index in [0.29, 0.717) is 16.0 Å². The third-order valence-electron chi connectivity index (χ3n) is 4.61. The molecule has 4 nitrogen and oxygen atoms in total. The SMILES string of the molecule is Clc1cc2nc(C3CCNCC3)n(Cc3ccncc3)c2cc1Cl. The van der Waals surface area contributed by atoms with Crippen LogP contribution in [0.5, 0.6) is 0 Å². The van der Waals surface area contributed by atoms with E-state index in [4.69, 9.17) is 28.2 Å². The van der Waals surface area contributed by atoms with Crippen molar-refractivity contribution in [3.8, 4) is 0 Å². The van der Waals surface area contributed by atoms with Crippen LogP contribution in [0.15, 0.2) is 36.7 Å². The predicted octanol–water partition coefficient (Wildman–Crippen LogP) is 4.25. The van der Waals surface area contributed by atoms with Gasteiger partial charge in [0.05, 0.1) is 21.1 Å². The van der Waals surface area contributed by atoms with Crippen LogP contribution in [0.4, 0.5) is 0 Å². The van der Waals surface area contributed by atoms with Gasteiger partial charge in [-0.05, 0) is 55.8 Å². The number of pyridine rings is 1. The lowest BCUT2D eigenvalue weighted by atomic mass is 9.97. The zero-order chi connectivity index (χ0) is 16.5. The van der Waals surface area contributed by atoms with E-state index in [1.807, 2.05) is 36.7 Å². The first-order valence-corrected chi connectivity index (χ1v) is 8.93. The van der Waals surface area contributed by atoms with Crippen LogP contribution >= 0.6 is 23.2 Å². The van der Waals surface area contributed by atoms with Gasteiger partial charge >= 0.3 is 0 Å². The molecule has 0 atom stereocenters. The summed E-state index contributed by atoms with van der Waals surface area (Å²) in [6.07, 6.45) is 5.84. The van der Waals surface area contributed by atoms with E-state index in [2.05, 4.69) is 14.9 Å². The highest BCUT2D eigenvalue weighted by Gasteiger charge is 2.23. The van der Waals surface area contributed by atoms with Crippen molar-refractivity contribution in [1.29, 1.82) is 0 Å². The number of benzene rings is 1. The molecule has 1 aliphatic heterocycles. The summed E-state index contributed by atoms with van der Waals surface area (Å²) in [7, 11) is 0. The van der Waals surface area contributed by atoms with E-state index in [9.17, 15) is 0 Å². The van der Waals surface area contributed by atoms with Gasteiger partial charge in [-0.1, -0.05) is 23.2 Å². The lowest BCUT2D eigenvalue weighted by Crippen LogP contribution is -2.28. The highest BCUT2D eigenvalue weighted by atomic mass is 35.5. The maximum atomic E-state index is 6.26. The lowest BCUT2D eigenvalue weighted by molar-refractivity contribution is 0.435. The van der Waals surface area contributed by atoms with Crippen molar-refractivity contribution < 1.29 is 0 Å². The quantitative estimate of drug-likeness (QED) is 0.758. The molecule has 1 N–H and O–H groups in total. The Kier molecular flexibility index (Phi) is 4.44. The molecule has 3 aromatic rings. The molecule has 0 spiro atoms. The Bertz CT molecular complexity index is 854. The zero-order valence-corrected chi connectivity index (χ0v) is 14.7. The molecule has 0 unspecified atom stereocenters. The summed E-state index contributed by atoms with van der Waals surface area (Å²) >= 11 is 12.5. The Balaban J connectivity index is 1.84. The maximum absolute atomic E-state index is 6.26. The summed E-state index contributed by atoms with van der Waals surface area (Å²) in [5.41, 5.74) is 3.15. The normalized spacial score (nSPS) is 15.9. The van der Waals surface area contributed by atoms with Crippen LogP contribution in [0.2, 0.25) is 10.0 Å². The second kappa shape index (κ2) is 6.71. The van der Waals surface area contributed by atoms with Crippen LogP contribution in [0.25, 0.3) is 11.0 Å². The first-order valence-electron chi connectivity index (χ1n) is 8.17. The number of rotatable bonds is 3. The minimum Gasteiger partial charge on any atom is -0.323 e. The van der Waals surface area contributed by atoms with Crippen molar-refractivity contribution in [2.45, 2.75) is 25.3 Å². The van der Waals surface area contributed by atoms with Gasteiger partial charge in [0.25, 0.3) is 0 Å². The third-order valence-corrected chi connectivity index (χ3v) is 5.34. The second-order valence-corrected chi connectivity index (χ2v) is 7.01. The summed E-state index contributed by atoms with van der Waals surface area (Å²) in [5.74, 6) is 1.58. The topological polar surface area (TPSA) is 42.7 Å². The highest BCUT2D eigenvalue weighted by Crippen LogP contribution is 2.33. The molecule has 0 bridgehead atoms. The maximum Gasteiger partial charge on any atom is 0.113 e. The average molecular weight is 361 g/mol. The largest absolute Gasteiger partial charge is 0.323 e.